The van der Waals surface area contributed by atoms with E-state index in [-0.39, 0.29) is 6.61 Å². The fourth-order valence-corrected chi connectivity index (χ4v) is 2.87. The van der Waals surface area contributed by atoms with Gasteiger partial charge in [-0.2, -0.15) is 0 Å². The normalized spacial score (nSPS) is 18.9. The minimum Gasteiger partial charge on any atom is -0.496 e. The molecule has 0 aliphatic carbocycles. The van der Waals surface area contributed by atoms with Crippen LogP contribution in [0, 0.1) is 17.8 Å². The van der Waals surface area contributed by atoms with E-state index in [9.17, 15) is 0 Å². The molecule has 0 radical (unpaired) electrons. The van der Waals surface area contributed by atoms with Crippen molar-refractivity contribution in [2.75, 3.05) is 26.8 Å². The highest BCUT2D eigenvalue weighted by molar-refractivity contribution is 5.44. The molecule has 1 aliphatic heterocycles. The van der Waals surface area contributed by atoms with Crippen LogP contribution in [0.1, 0.15) is 37.3 Å². The molecule has 1 atom stereocenters. The van der Waals surface area contributed by atoms with Crippen LogP contribution in [0.3, 0.4) is 0 Å². The number of ether oxygens (including phenoxy) is 1. The molecule has 1 aliphatic rings. The summed E-state index contributed by atoms with van der Waals surface area (Å²) in [6.07, 6.45) is 3.13. The monoisotopic (exact) mass is 287 g/mol. The van der Waals surface area contributed by atoms with Crippen LogP contribution in [0.15, 0.2) is 18.2 Å². The van der Waals surface area contributed by atoms with Crippen molar-refractivity contribution in [3.05, 3.63) is 29.3 Å². The average Bonchev–Trinajstić information content (AvgIpc) is 2.48. The maximum absolute atomic E-state index is 8.79. The largest absolute Gasteiger partial charge is 0.496 e. The SMILES string of the molecule is COc1ccc(C#CCCO)cc1CN1CCCC(C)C1. The van der Waals surface area contributed by atoms with Gasteiger partial charge in [0.2, 0.25) is 0 Å². The molecule has 0 aromatic heterocycles. The van der Waals surface area contributed by atoms with Crippen molar-refractivity contribution in [2.24, 2.45) is 5.92 Å². The summed E-state index contributed by atoms with van der Waals surface area (Å²) in [6.45, 7) is 5.67. The van der Waals surface area contributed by atoms with Gasteiger partial charge in [0.15, 0.2) is 0 Å². The molecule has 3 heteroatoms. The molecule has 1 N–H and O–H groups in total. The van der Waals surface area contributed by atoms with Crippen molar-refractivity contribution >= 4 is 0 Å². The number of piperidine rings is 1. The zero-order chi connectivity index (χ0) is 15.1. The highest BCUT2D eigenvalue weighted by atomic mass is 16.5. The Morgan fingerprint density at radius 3 is 3.00 bits per heavy atom. The standard InChI is InChI=1S/C18H25NO2/c1-15-6-5-10-19(13-15)14-17-12-16(7-3-4-11-20)8-9-18(17)21-2/h8-9,12,15,20H,4-6,10-11,13-14H2,1-2H3. The molecule has 0 bridgehead atoms. The molecule has 1 aromatic carbocycles. The molecule has 1 saturated heterocycles. The van der Waals surface area contributed by atoms with Gasteiger partial charge in [0.25, 0.3) is 0 Å². The van der Waals surface area contributed by atoms with Gasteiger partial charge in [-0.15, -0.1) is 0 Å². The Bertz CT molecular complexity index is 516. The van der Waals surface area contributed by atoms with E-state index < -0.39 is 0 Å². The summed E-state index contributed by atoms with van der Waals surface area (Å²) in [4.78, 5) is 2.50. The summed E-state index contributed by atoms with van der Waals surface area (Å²) in [6, 6.07) is 6.08. The van der Waals surface area contributed by atoms with Crippen LogP contribution in [0.5, 0.6) is 5.75 Å². The first-order valence-corrected chi connectivity index (χ1v) is 7.72. The number of methoxy groups -OCH3 is 1. The molecule has 1 fully saturated rings. The number of hydrogen-bond acceptors (Lipinski definition) is 3. The van der Waals surface area contributed by atoms with Gasteiger partial charge in [-0.05, 0) is 43.5 Å². The van der Waals surface area contributed by atoms with Gasteiger partial charge in [0.1, 0.15) is 5.75 Å². The van der Waals surface area contributed by atoms with Gasteiger partial charge in [0, 0.05) is 30.6 Å². The summed E-state index contributed by atoms with van der Waals surface area (Å²) in [5, 5.41) is 8.79. The average molecular weight is 287 g/mol. The van der Waals surface area contributed by atoms with Crippen LogP contribution in [0.2, 0.25) is 0 Å². The Morgan fingerprint density at radius 2 is 2.29 bits per heavy atom. The quantitative estimate of drug-likeness (QED) is 0.864. The first kappa shape index (κ1) is 15.9. The van der Waals surface area contributed by atoms with Crippen molar-refractivity contribution in [3.63, 3.8) is 0 Å². The first-order valence-electron chi connectivity index (χ1n) is 7.72. The smallest absolute Gasteiger partial charge is 0.123 e. The number of hydrogen-bond donors (Lipinski definition) is 1. The van der Waals surface area contributed by atoms with E-state index >= 15 is 0 Å². The van der Waals surface area contributed by atoms with E-state index in [1.165, 1.54) is 18.4 Å². The Kier molecular flexibility index (Phi) is 6.10. The third-order valence-corrected chi connectivity index (χ3v) is 3.89. The fraction of sp³-hybridized carbons (Fsp3) is 0.556. The highest BCUT2D eigenvalue weighted by Crippen LogP contribution is 2.24. The lowest BCUT2D eigenvalue weighted by atomic mass is 9.99. The Balaban J connectivity index is 2.12. The number of nitrogens with zero attached hydrogens (tertiary/aromatic N) is 1. The molecule has 2 rings (SSSR count). The van der Waals surface area contributed by atoms with E-state index in [1.807, 2.05) is 12.1 Å². The van der Waals surface area contributed by atoms with E-state index in [2.05, 4.69) is 29.7 Å². The van der Waals surface area contributed by atoms with E-state index in [0.29, 0.717) is 6.42 Å². The summed E-state index contributed by atoms with van der Waals surface area (Å²) < 4.78 is 5.48. The van der Waals surface area contributed by atoms with Gasteiger partial charge < -0.3 is 9.84 Å². The topological polar surface area (TPSA) is 32.7 Å². The second-order valence-electron chi connectivity index (χ2n) is 5.78. The maximum atomic E-state index is 8.79. The molecule has 1 heterocycles. The van der Waals surface area contributed by atoms with Crippen molar-refractivity contribution in [3.8, 4) is 17.6 Å². The maximum Gasteiger partial charge on any atom is 0.123 e. The van der Waals surface area contributed by atoms with Crippen LogP contribution in [0.4, 0.5) is 0 Å². The number of aliphatic hydroxyl groups excluding tert-OH is 1. The molecule has 114 valence electrons. The number of likely N-dealkylation sites (tertiary alicyclic amines) is 1. The summed E-state index contributed by atoms with van der Waals surface area (Å²) >= 11 is 0. The molecule has 0 amide bonds. The minimum atomic E-state index is 0.113. The van der Waals surface area contributed by atoms with E-state index in [4.69, 9.17) is 9.84 Å². The van der Waals surface area contributed by atoms with Gasteiger partial charge in [-0.3, -0.25) is 4.90 Å². The molecule has 3 nitrogen and oxygen atoms in total. The lowest BCUT2D eigenvalue weighted by molar-refractivity contribution is 0.175. The van der Waals surface area contributed by atoms with Crippen molar-refractivity contribution < 1.29 is 9.84 Å². The lowest BCUT2D eigenvalue weighted by Gasteiger charge is -2.31. The van der Waals surface area contributed by atoms with Gasteiger partial charge >= 0.3 is 0 Å². The third kappa shape index (κ3) is 4.77. The predicted molar refractivity (Wildman–Crippen MR) is 85.2 cm³/mol. The molecule has 1 aromatic rings. The highest BCUT2D eigenvalue weighted by Gasteiger charge is 2.17. The van der Waals surface area contributed by atoms with Crippen LogP contribution < -0.4 is 4.74 Å². The molecule has 0 saturated carbocycles. The fourth-order valence-electron chi connectivity index (χ4n) is 2.87. The van der Waals surface area contributed by atoms with Crippen LogP contribution in [-0.2, 0) is 6.54 Å². The first-order chi connectivity index (χ1) is 10.2. The van der Waals surface area contributed by atoms with Crippen molar-refractivity contribution in [1.82, 2.24) is 4.90 Å². The molecule has 1 unspecified atom stereocenters. The van der Waals surface area contributed by atoms with Crippen LogP contribution in [-0.4, -0.2) is 36.8 Å². The Labute approximate surface area is 127 Å². The second-order valence-corrected chi connectivity index (χ2v) is 5.78. The van der Waals surface area contributed by atoms with Crippen molar-refractivity contribution in [2.45, 2.75) is 32.7 Å². The molecular weight excluding hydrogens is 262 g/mol. The molecule has 0 spiro atoms. The van der Waals surface area contributed by atoms with E-state index in [1.54, 1.807) is 7.11 Å². The number of rotatable bonds is 4. The summed E-state index contributed by atoms with van der Waals surface area (Å²) in [7, 11) is 1.72. The zero-order valence-corrected chi connectivity index (χ0v) is 13.1. The van der Waals surface area contributed by atoms with Crippen LogP contribution in [0.25, 0.3) is 0 Å². The molecular formula is C18H25NO2. The van der Waals surface area contributed by atoms with Crippen molar-refractivity contribution in [1.29, 1.82) is 0 Å². The van der Waals surface area contributed by atoms with Gasteiger partial charge in [-0.25, -0.2) is 0 Å². The second kappa shape index (κ2) is 8.07. The molecule has 21 heavy (non-hydrogen) atoms. The predicted octanol–water partition coefficient (Wildman–Crippen LogP) is 2.66. The third-order valence-electron chi connectivity index (χ3n) is 3.89. The lowest BCUT2D eigenvalue weighted by Crippen LogP contribution is -2.33. The van der Waals surface area contributed by atoms with E-state index in [0.717, 1.165) is 36.9 Å². The summed E-state index contributed by atoms with van der Waals surface area (Å²) in [5.41, 5.74) is 2.19. The van der Waals surface area contributed by atoms with Crippen LogP contribution >= 0.6 is 0 Å². The summed E-state index contributed by atoms with van der Waals surface area (Å²) in [5.74, 6) is 7.78. The minimum absolute atomic E-state index is 0.113. The Morgan fingerprint density at radius 1 is 1.43 bits per heavy atom. The number of benzene rings is 1. The number of aliphatic hydroxyl groups is 1. The zero-order valence-electron chi connectivity index (χ0n) is 13.1. The van der Waals surface area contributed by atoms with Gasteiger partial charge in [0.05, 0.1) is 13.7 Å². The van der Waals surface area contributed by atoms with Gasteiger partial charge in [-0.1, -0.05) is 18.8 Å². The Hall–Kier alpha value is -1.50.